The van der Waals surface area contributed by atoms with Crippen LogP contribution in [0.1, 0.15) is 42.3 Å². The smallest absolute Gasteiger partial charge is 0.334 e. The Morgan fingerprint density at radius 2 is 1.59 bits per heavy atom. The molecule has 194 valence electrons. The molecule has 0 spiro atoms. The van der Waals surface area contributed by atoms with Gasteiger partial charge in [-0.15, -0.1) is 0 Å². The summed E-state index contributed by atoms with van der Waals surface area (Å²) < 4.78 is 45.0. The molecule has 1 atom stereocenters. The third-order valence-electron chi connectivity index (χ3n) is 5.47. The number of nitrogens with zero attached hydrogens (tertiary/aromatic N) is 2. The zero-order valence-electron chi connectivity index (χ0n) is 20.1. The van der Waals surface area contributed by atoms with Crippen LogP contribution in [0.5, 0.6) is 0 Å². The van der Waals surface area contributed by atoms with Gasteiger partial charge in [0, 0.05) is 15.6 Å². The highest BCUT2D eigenvalue weighted by Crippen LogP contribution is 2.60. The van der Waals surface area contributed by atoms with Crippen LogP contribution >= 0.6 is 23.5 Å². The van der Waals surface area contributed by atoms with Crippen molar-refractivity contribution in [1.82, 2.24) is 10.1 Å². The Bertz CT molecular complexity index is 1370. The summed E-state index contributed by atoms with van der Waals surface area (Å²) in [4.78, 5) is 22.6. The first-order valence-electron chi connectivity index (χ1n) is 11.3. The molecular weight excluding hydrogens is 565 g/mol. The fourth-order valence-electron chi connectivity index (χ4n) is 3.44. The minimum absolute atomic E-state index is 0.0989. The van der Waals surface area contributed by atoms with Gasteiger partial charge in [0.05, 0.1) is 5.92 Å². The molecule has 4 rings (SSSR count). The van der Waals surface area contributed by atoms with E-state index in [1.807, 2.05) is 86.7 Å². The van der Waals surface area contributed by atoms with Crippen LogP contribution in [-0.4, -0.2) is 19.9 Å². The molecule has 0 aliphatic rings. The van der Waals surface area contributed by atoms with Gasteiger partial charge in [0.15, 0.2) is 5.82 Å². The SMILES string of the molecule is C/C=C\C.O=P(O)(O)C(F)(F)c1ccc(CC(c2ccccc2)c2noc(-c3ccccc3)n2)cc1Br. The molecule has 4 aromatic rings. The predicted molar refractivity (Wildman–Crippen MR) is 142 cm³/mol. The molecule has 1 aromatic heterocycles. The molecule has 0 bridgehead atoms. The molecule has 0 aliphatic carbocycles. The zero-order chi connectivity index (χ0) is 27.1. The zero-order valence-corrected chi connectivity index (χ0v) is 22.6. The molecular formula is C27H26BrF2N2O4P. The van der Waals surface area contributed by atoms with E-state index in [9.17, 15) is 13.3 Å². The summed E-state index contributed by atoms with van der Waals surface area (Å²) in [6.07, 6.45) is 4.35. The molecule has 0 aliphatic heterocycles. The second-order valence-corrected chi connectivity index (χ2v) is 10.6. The molecule has 1 unspecified atom stereocenters. The first-order valence-corrected chi connectivity index (χ1v) is 13.7. The number of halogens is 3. The fraction of sp³-hybridized carbons (Fsp3) is 0.185. The van der Waals surface area contributed by atoms with Crippen LogP contribution in [0.15, 0.2) is 100 Å². The van der Waals surface area contributed by atoms with E-state index in [2.05, 4.69) is 26.1 Å². The van der Waals surface area contributed by atoms with Crippen LogP contribution in [-0.2, 0) is 16.6 Å². The van der Waals surface area contributed by atoms with E-state index in [0.29, 0.717) is 23.7 Å². The molecule has 0 saturated carbocycles. The van der Waals surface area contributed by atoms with Crippen LogP contribution in [0.2, 0.25) is 0 Å². The van der Waals surface area contributed by atoms with Gasteiger partial charge in [-0.2, -0.15) is 13.8 Å². The second kappa shape index (κ2) is 12.5. The fourth-order valence-corrected chi connectivity index (χ4v) is 4.78. The molecule has 0 fully saturated rings. The molecule has 0 saturated heterocycles. The van der Waals surface area contributed by atoms with Crippen molar-refractivity contribution >= 4 is 23.5 Å². The number of alkyl halides is 2. The van der Waals surface area contributed by atoms with Crippen molar-refractivity contribution < 1.29 is 27.7 Å². The average Bonchev–Trinajstić information content (AvgIpc) is 3.38. The van der Waals surface area contributed by atoms with Gasteiger partial charge in [-0.1, -0.05) is 93.9 Å². The largest absolute Gasteiger partial charge is 0.399 e. The van der Waals surface area contributed by atoms with E-state index >= 15 is 0 Å². The lowest BCUT2D eigenvalue weighted by Gasteiger charge is -2.20. The Hall–Kier alpha value is -2.97. The van der Waals surface area contributed by atoms with E-state index in [-0.39, 0.29) is 10.4 Å². The van der Waals surface area contributed by atoms with Crippen molar-refractivity contribution in [3.8, 4) is 11.5 Å². The first kappa shape index (κ1) is 28.6. The van der Waals surface area contributed by atoms with Crippen LogP contribution in [0.3, 0.4) is 0 Å². The van der Waals surface area contributed by atoms with Crippen LogP contribution in [0.25, 0.3) is 11.5 Å². The number of hydrogen-bond donors (Lipinski definition) is 2. The van der Waals surface area contributed by atoms with Gasteiger partial charge in [-0.05, 0) is 49.6 Å². The van der Waals surface area contributed by atoms with Gasteiger partial charge in [-0.25, -0.2) is 0 Å². The number of benzene rings is 3. The second-order valence-electron chi connectivity index (χ2n) is 8.06. The lowest BCUT2D eigenvalue weighted by molar-refractivity contribution is 0.0557. The summed E-state index contributed by atoms with van der Waals surface area (Å²) in [5, 5.41) is 4.16. The molecule has 3 aromatic carbocycles. The van der Waals surface area contributed by atoms with E-state index in [1.165, 1.54) is 12.1 Å². The van der Waals surface area contributed by atoms with Gasteiger partial charge in [0.2, 0.25) is 0 Å². The maximum atomic E-state index is 14.2. The highest BCUT2D eigenvalue weighted by atomic mass is 79.9. The Balaban J connectivity index is 0.000000886. The Kier molecular flexibility index (Phi) is 9.68. The van der Waals surface area contributed by atoms with Crippen molar-refractivity contribution in [3.05, 3.63) is 118 Å². The highest BCUT2D eigenvalue weighted by molar-refractivity contribution is 9.10. The summed E-state index contributed by atoms with van der Waals surface area (Å²) in [6.45, 7) is 4.00. The van der Waals surface area contributed by atoms with Crippen molar-refractivity contribution in [1.29, 1.82) is 0 Å². The first-order chi connectivity index (χ1) is 17.6. The van der Waals surface area contributed by atoms with Gasteiger partial charge >= 0.3 is 13.3 Å². The number of allylic oxidation sites excluding steroid dienone is 2. The molecule has 37 heavy (non-hydrogen) atoms. The molecule has 10 heteroatoms. The average molecular weight is 591 g/mol. The summed E-state index contributed by atoms with van der Waals surface area (Å²) in [5.41, 5.74) is -2.76. The van der Waals surface area contributed by atoms with Crippen LogP contribution < -0.4 is 0 Å². The minimum Gasteiger partial charge on any atom is -0.334 e. The van der Waals surface area contributed by atoms with Gasteiger partial charge in [0.1, 0.15) is 0 Å². The monoisotopic (exact) mass is 590 g/mol. The molecule has 0 amide bonds. The molecule has 0 radical (unpaired) electrons. The van der Waals surface area contributed by atoms with Crippen LogP contribution in [0.4, 0.5) is 8.78 Å². The summed E-state index contributed by atoms with van der Waals surface area (Å²) in [5.74, 6) is 0.456. The van der Waals surface area contributed by atoms with Crippen molar-refractivity contribution in [3.63, 3.8) is 0 Å². The van der Waals surface area contributed by atoms with Crippen molar-refractivity contribution in [2.45, 2.75) is 31.8 Å². The summed E-state index contributed by atoms with van der Waals surface area (Å²) in [6, 6.07) is 22.6. The Labute approximate surface area is 222 Å². The van der Waals surface area contributed by atoms with Crippen molar-refractivity contribution in [2.24, 2.45) is 0 Å². The van der Waals surface area contributed by atoms with Gasteiger partial charge in [-0.3, -0.25) is 4.57 Å². The maximum absolute atomic E-state index is 14.2. The van der Waals surface area contributed by atoms with E-state index < -0.39 is 18.8 Å². The lowest BCUT2D eigenvalue weighted by Crippen LogP contribution is -2.15. The third kappa shape index (κ3) is 7.08. The van der Waals surface area contributed by atoms with E-state index in [1.54, 1.807) is 0 Å². The molecule has 2 N–H and O–H groups in total. The van der Waals surface area contributed by atoms with Gasteiger partial charge < -0.3 is 14.3 Å². The van der Waals surface area contributed by atoms with Crippen LogP contribution in [0, 0.1) is 0 Å². The normalized spacial score (nSPS) is 12.7. The minimum atomic E-state index is -5.68. The molecule has 1 heterocycles. The molecule has 6 nitrogen and oxygen atoms in total. The topological polar surface area (TPSA) is 96.5 Å². The summed E-state index contributed by atoms with van der Waals surface area (Å²) in [7, 11) is -5.68. The van der Waals surface area contributed by atoms with E-state index in [4.69, 9.17) is 14.3 Å². The summed E-state index contributed by atoms with van der Waals surface area (Å²) >= 11 is 3.04. The van der Waals surface area contributed by atoms with Crippen molar-refractivity contribution in [2.75, 3.05) is 0 Å². The number of aromatic nitrogens is 2. The standard InChI is InChI=1S/C23H18BrF2N2O4P.C4H8/c24-20-14-15(11-12-19(20)23(25,26)33(29,30)31)13-18(16-7-3-1-4-8-16)21-27-22(32-28-21)17-9-5-2-6-10-17;1-3-4-2/h1-12,14,18H,13H2,(H2,29,30,31);3-4H,1-2H3/b;4-3-. The highest BCUT2D eigenvalue weighted by Gasteiger charge is 2.51. The quantitative estimate of drug-likeness (QED) is 0.169. The number of hydrogen-bond acceptors (Lipinski definition) is 4. The third-order valence-corrected chi connectivity index (χ3v) is 7.10. The van der Waals surface area contributed by atoms with Gasteiger partial charge in [0.25, 0.3) is 5.89 Å². The Morgan fingerprint density at radius 1 is 1.00 bits per heavy atom. The number of rotatable bonds is 7. The Morgan fingerprint density at radius 3 is 2.14 bits per heavy atom. The van der Waals surface area contributed by atoms with E-state index in [0.717, 1.165) is 17.2 Å². The maximum Gasteiger partial charge on any atom is 0.399 e. The lowest BCUT2D eigenvalue weighted by atomic mass is 9.91. The predicted octanol–water partition coefficient (Wildman–Crippen LogP) is 7.68.